The minimum absolute atomic E-state index is 0. The lowest BCUT2D eigenvalue weighted by Crippen LogP contribution is -2.60. The Bertz CT molecular complexity index is 285. The van der Waals surface area contributed by atoms with Gasteiger partial charge in [-0.2, -0.15) is 11.8 Å². The van der Waals surface area contributed by atoms with Crippen LogP contribution in [0, 0.1) is 0 Å². The van der Waals surface area contributed by atoms with Crippen LogP contribution >= 0.6 is 24.2 Å². The molecule has 1 unspecified atom stereocenters. The van der Waals surface area contributed by atoms with Gasteiger partial charge in [0.1, 0.15) is 0 Å². The fourth-order valence-corrected chi connectivity index (χ4v) is 3.60. The van der Waals surface area contributed by atoms with Gasteiger partial charge in [0.2, 0.25) is 5.91 Å². The van der Waals surface area contributed by atoms with Crippen molar-refractivity contribution in [3.63, 3.8) is 0 Å². The molecule has 1 atom stereocenters. The topological polar surface area (TPSA) is 55.6 Å². The number of thioether (sulfide) groups is 1. The monoisotopic (exact) mass is 294 g/mol. The molecular formula is C12H23ClN2O2S. The van der Waals surface area contributed by atoms with Crippen molar-refractivity contribution in [1.82, 2.24) is 4.90 Å². The van der Waals surface area contributed by atoms with E-state index >= 15 is 0 Å². The number of carbonyl (C=O) groups is 1. The van der Waals surface area contributed by atoms with Crippen molar-refractivity contribution >= 4 is 30.1 Å². The first-order valence-corrected chi connectivity index (χ1v) is 7.48. The number of hydrogen-bond donors (Lipinski definition) is 1. The second-order valence-electron chi connectivity index (χ2n) is 4.92. The third-order valence-electron chi connectivity index (χ3n) is 3.69. The molecule has 1 amide bonds. The largest absolute Gasteiger partial charge is 0.381 e. The highest BCUT2D eigenvalue weighted by Crippen LogP contribution is 2.26. The zero-order chi connectivity index (χ0) is 12.3. The molecule has 2 rings (SSSR count). The van der Waals surface area contributed by atoms with Gasteiger partial charge in [0.05, 0.1) is 5.54 Å². The lowest BCUT2D eigenvalue weighted by molar-refractivity contribution is -0.140. The van der Waals surface area contributed by atoms with Gasteiger partial charge < -0.3 is 15.4 Å². The molecule has 2 heterocycles. The quantitative estimate of drug-likeness (QED) is 0.833. The van der Waals surface area contributed by atoms with Crippen molar-refractivity contribution in [2.75, 3.05) is 32.1 Å². The Balaban J connectivity index is 0.00000162. The summed E-state index contributed by atoms with van der Waals surface area (Å²) in [5, 5.41) is 0.580. The number of rotatable bonds is 2. The van der Waals surface area contributed by atoms with Crippen LogP contribution < -0.4 is 5.73 Å². The minimum atomic E-state index is -0.668. The van der Waals surface area contributed by atoms with E-state index in [1.165, 1.54) is 0 Å². The van der Waals surface area contributed by atoms with E-state index in [1.54, 1.807) is 0 Å². The standard InChI is InChI=1S/C12H22N2O2S.ClH/c1-2-10-9-14(5-8-17-10)11(15)12(13)3-6-16-7-4-12;/h10H,2-9,13H2,1H3;1H. The van der Waals surface area contributed by atoms with Crippen LogP contribution in [-0.2, 0) is 9.53 Å². The van der Waals surface area contributed by atoms with Crippen LogP contribution in [0.5, 0.6) is 0 Å². The van der Waals surface area contributed by atoms with E-state index in [0.29, 0.717) is 31.3 Å². The summed E-state index contributed by atoms with van der Waals surface area (Å²) in [5.41, 5.74) is 5.57. The van der Waals surface area contributed by atoms with E-state index in [2.05, 4.69) is 6.92 Å². The summed E-state index contributed by atoms with van der Waals surface area (Å²) in [6.45, 7) is 5.11. The smallest absolute Gasteiger partial charge is 0.242 e. The lowest BCUT2D eigenvalue weighted by Gasteiger charge is -2.40. The second kappa shape index (κ2) is 6.98. The van der Waals surface area contributed by atoms with Gasteiger partial charge in [0.15, 0.2) is 0 Å². The third kappa shape index (κ3) is 3.53. The SMILES string of the molecule is CCC1CN(C(=O)C2(N)CCOCC2)CCS1.Cl. The molecule has 106 valence electrons. The zero-order valence-electron chi connectivity index (χ0n) is 10.9. The van der Waals surface area contributed by atoms with Crippen LogP contribution in [0.3, 0.4) is 0 Å². The molecule has 2 saturated heterocycles. The molecule has 0 spiro atoms. The van der Waals surface area contributed by atoms with Crippen molar-refractivity contribution in [2.24, 2.45) is 5.73 Å². The number of hydrogen-bond acceptors (Lipinski definition) is 4. The molecule has 0 aromatic rings. The van der Waals surface area contributed by atoms with E-state index in [0.717, 1.165) is 25.3 Å². The van der Waals surface area contributed by atoms with Crippen molar-refractivity contribution < 1.29 is 9.53 Å². The van der Waals surface area contributed by atoms with Crippen LogP contribution in [-0.4, -0.2) is 53.7 Å². The lowest BCUT2D eigenvalue weighted by atomic mass is 9.89. The summed E-state index contributed by atoms with van der Waals surface area (Å²) in [6.07, 6.45) is 2.44. The average molecular weight is 295 g/mol. The highest BCUT2D eigenvalue weighted by Gasteiger charge is 2.40. The summed E-state index contributed by atoms with van der Waals surface area (Å²) < 4.78 is 5.29. The molecule has 18 heavy (non-hydrogen) atoms. The fourth-order valence-electron chi connectivity index (χ4n) is 2.42. The van der Waals surface area contributed by atoms with Gasteiger partial charge in [-0.25, -0.2) is 0 Å². The molecule has 0 saturated carbocycles. The Kier molecular flexibility index (Phi) is 6.24. The Morgan fingerprint density at radius 1 is 1.50 bits per heavy atom. The van der Waals surface area contributed by atoms with E-state index in [9.17, 15) is 4.79 Å². The summed E-state index contributed by atoms with van der Waals surface area (Å²) in [4.78, 5) is 14.4. The number of ether oxygens (including phenoxy) is 1. The summed E-state index contributed by atoms with van der Waals surface area (Å²) in [7, 11) is 0. The molecule has 0 radical (unpaired) electrons. The molecule has 6 heteroatoms. The molecule has 2 N–H and O–H groups in total. The normalized spacial score (nSPS) is 27.4. The molecule has 4 nitrogen and oxygen atoms in total. The summed E-state index contributed by atoms with van der Waals surface area (Å²) in [5.74, 6) is 1.18. The molecule has 2 aliphatic rings. The Morgan fingerprint density at radius 2 is 2.17 bits per heavy atom. The number of carbonyl (C=O) groups excluding carboxylic acids is 1. The Morgan fingerprint density at radius 3 is 2.78 bits per heavy atom. The van der Waals surface area contributed by atoms with Crippen molar-refractivity contribution in [3.05, 3.63) is 0 Å². The Labute approximate surface area is 119 Å². The molecule has 0 aromatic carbocycles. The molecule has 2 aliphatic heterocycles. The molecule has 2 fully saturated rings. The zero-order valence-corrected chi connectivity index (χ0v) is 12.5. The Hall–Kier alpha value is 0.0300. The van der Waals surface area contributed by atoms with Crippen LogP contribution in [0.15, 0.2) is 0 Å². The maximum atomic E-state index is 12.5. The van der Waals surface area contributed by atoms with Gasteiger partial charge >= 0.3 is 0 Å². The van der Waals surface area contributed by atoms with E-state index in [-0.39, 0.29) is 18.3 Å². The van der Waals surface area contributed by atoms with Crippen LogP contribution in [0.25, 0.3) is 0 Å². The van der Waals surface area contributed by atoms with Crippen molar-refractivity contribution in [1.29, 1.82) is 0 Å². The average Bonchev–Trinajstić information content (AvgIpc) is 2.39. The summed E-state index contributed by atoms with van der Waals surface area (Å²) in [6, 6.07) is 0. The maximum absolute atomic E-state index is 12.5. The number of nitrogens with two attached hydrogens (primary N) is 1. The first kappa shape index (κ1) is 16.1. The van der Waals surface area contributed by atoms with Gasteiger partial charge in [-0.05, 0) is 19.3 Å². The number of nitrogens with zero attached hydrogens (tertiary/aromatic N) is 1. The fraction of sp³-hybridized carbons (Fsp3) is 0.917. The predicted octanol–water partition coefficient (Wildman–Crippen LogP) is 1.27. The highest BCUT2D eigenvalue weighted by molar-refractivity contribution is 8.00. The van der Waals surface area contributed by atoms with Crippen molar-refractivity contribution in [3.8, 4) is 0 Å². The molecule has 0 bridgehead atoms. The molecule has 0 aliphatic carbocycles. The molecule has 0 aromatic heterocycles. The van der Waals surface area contributed by atoms with Gasteiger partial charge in [0.25, 0.3) is 0 Å². The minimum Gasteiger partial charge on any atom is -0.381 e. The first-order valence-electron chi connectivity index (χ1n) is 6.43. The van der Waals surface area contributed by atoms with Gasteiger partial charge in [-0.15, -0.1) is 12.4 Å². The van der Waals surface area contributed by atoms with E-state index < -0.39 is 5.54 Å². The maximum Gasteiger partial charge on any atom is 0.242 e. The van der Waals surface area contributed by atoms with Crippen LogP contribution in [0.2, 0.25) is 0 Å². The summed E-state index contributed by atoms with van der Waals surface area (Å²) >= 11 is 1.97. The van der Waals surface area contributed by atoms with Crippen LogP contribution in [0.1, 0.15) is 26.2 Å². The third-order valence-corrected chi connectivity index (χ3v) is 5.06. The number of halogens is 1. The number of amides is 1. The second-order valence-corrected chi connectivity index (χ2v) is 6.33. The van der Waals surface area contributed by atoms with Gasteiger partial charge in [-0.3, -0.25) is 4.79 Å². The van der Waals surface area contributed by atoms with Gasteiger partial charge in [0, 0.05) is 37.3 Å². The van der Waals surface area contributed by atoms with Crippen LogP contribution in [0.4, 0.5) is 0 Å². The van der Waals surface area contributed by atoms with E-state index in [1.807, 2.05) is 16.7 Å². The first-order chi connectivity index (χ1) is 8.15. The predicted molar refractivity (Wildman–Crippen MR) is 77.3 cm³/mol. The van der Waals surface area contributed by atoms with Crippen molar-refractivity contribution in [2.45, 2.75) is 37.0 Å². The highest BCUT2D eigenvalue weighted by atomic mass is 35.5. The molecular weight excluding hydrogens is 272 g/mol. The van der Waals surface area contributed by atoms with Gasteiger partial charge in [-0.1, -0.05) is 6.92 Å². The van der Waals surface area contributed by atoms with E-state index in [4.69, 9.17) is 10.5 Å².